The third kappa shape index (κ3) is 4.04. The van der Waals surface area contributed by atoms with Gasteiger partial charge in [-0.3, -0.25) is 4.79 Å². The summed E-state index contributed by atoms with van der Waals surface area (Å²) in [4.78, 5) is 14.0. The summed E-state index contributed by atoms with van der Waals surface area (Å²) in [6.07, 6.45) is 0.980. The molecule has 1 amide bonds. The van der Waals surface area contributed by atoms with Gasteiger partial charge >= 0.3 is 0 Å². The summed E-state index contributed by atoms with van der Waals surface area (Å²) >= 11 is 6.15. The predicted molar refractivity (Wildman–Crippen MR) is 106 cm³/mol. The van der Waals surface area contributed by atoms with E-state index in [-0.39, 0.29) is 11.9 Å². The van der Waals surface area contributed by atoms with E-state index >= 15 is 0 Å². The van der Waals surface area contributed by atoms with Crippen LogP contribution in [0.2, 0.25) is 5.02 Å². The lowest BCUT2D eigenvalue weighted by atomic mass is 9.91. The number of likely N-dealkylation sites (N-methyl/N-ethyl adjacent to an activating group) is 1. The third-order valence-electron chi connectivity index (χ3n) is 5.27. The maximum absolute atomic E-state index is 12.6. The number of carbonyl (C=O) groups is 1. The molecule has 2 atom stereocenters. The van der Waals surface area contributed by atoms with E-state index in [9.17, 15) is 4.79 Å². The van der Waals surface area contributed by atoms with Crippen molar-refractivity contribution in [1.29, 1.82) is 0 Å². The second kappa shape index (κ2) is 8.63. The van der Waals surface area contributed by atoms with E-state index in [0.29, 0.717) is 17.1 Å². The smallest absolute Gasteiger partial charge is 0.253 e. The van der Waals surface area contributed by atoms with Crippen LogP contribution in [0.5, 0.6) is 11.5 Å². The molecule has 0 spiro atoms. The molecule has 0 radical (unpaired) electrons. The highest BCUT2D eigenvalue weighted by atomic mass is 35.5. The highest BCUT2D eigenvalue weighted by Gasteiger charge is 2.32. The summed E-state index contributed by atoms with van der Waals surface area (Å²) in [5.74, 6) is 1.31. The van der Waals surface area contributed by atoms with Crippen molar-refractivity contribution in [3.05, 3.63) is 58.1 Å². The van der Waals surface area contributed by atoms with Crippen LogP contribution in [0.15, 0.2) is 36.4 Å². The van der Waals surface area contributed by atoms with Crippen molar-refractivity contribution >= 4 is 17.5 Å². The number of fused-ring (bicyclic) bond motifs is 1. The summed E-state index contributed by atoms with van der Waals surface area (Å²) < 4.78 is 10.9. The van der Waals surface area contributed by atoms with Gasteiger partial charge in [-0.05, 0) is 36.8 Å². The van der Waals surface area contributed by atoms with E-state index in [0.717, 1.165) is 31.0 Å². The first-order valence-electron chi connectivity index (χ1n) is 9.21. The zero-order valence-electron chi connectivity index (χ0n) is 16.0. The molecule has 2 aromatic carbocycles. The van der Waals surface area contributed by atoms with Crippen molar-refractivity contribution in [1.82, 2.24) is 5.32 Å². The molecular formula is C21H26ClN2O3+. The van der Waals surface area contributed by atoms with Crippen LogP contribution in [0.1, 0.15) is 34.5 Å². The number of quaternary nitrogens is 1. The van der Waals surface area contributed by atoms with E-state index in [4.69, 9.17) is 21.1 Å². The topological polar surface area (TPSA) is 52.0 Å². The Bertz CT molecular complexity index is 825. The number of methoxy groups -OCH3 is 2. The second-order valence-corrected chi connectivity index (χ2v) is 7.07. The van der Waals surface area contributed by atoms with E-state index in [1.54, 1.807) is 26.4 Å². The van der Waals surface area contributed by atoms with Crippen LogP contribution in [0.25, 0.3) is 0 Å². The molecule has 1 aliphatic rings. The maximum Gasteiger partial charge on any atom is 0.253 e. The van der Waals surface area contributed by atoms with Gasteiger partial charge in [-0.2, -0.15) is 0 Å². The lowest BCUT2D eigenvalue weighted by Crippen LogP contribution is -3.13. The van der Waals surface area contributed by atoms with Crippen molar-refractivity contribution in [3.8, 4) is 11.5 Å². The van der Waals surface area contributed by atoms with E-state index in [2.05, 4.69) is 24.4 Å². The Morgan fingerprint density at radius 3 is 2.59 bits per heavy atom. The van der Waals surface area contributed by atoms with Gasteiger partial charge in [0.2, 0.25) is 0 Å². The fourth-order valence-electron chi connectivity index (χ4n) is 3.78. The lowest BCUT2D eigenvalue weighted by Gasteiger charge is -2.34. The monoisotopic (exact) mass is 389 g/mol. The van der Waals surface area contributed by atoms with Crippen LogP contribution >= 0.6 is 11.6 Å². The average molecular weight is 390 g/mol. The molecule has 1 unspecified atom stereocenters. The van der Waals surface area contributed by atoms with Gasteiger partial charge in [0.15, 0.2) is 11.5 Å². The summed E-state index contributed by atoms with van der Waals surface area (Å²) in [7, 11) is 3.30. The number of benzene rings is 2. The minimum Gasteiger partial charge on any atom is -0.493 e. The van der Waals surface area contributed by atoms with Gasteiger partial charge in [0.05, 0.1) is 44.4 Å². The molecule has 27 heavy (non-hydrogen) atoms. The fourth-order valence-corrected chi connectivity index (χ4v) is 4.00. The highest BCUT2D eigenvalue weighted by Crippen LogP contribution is 2.34. The van der Waals surface area contributed by atoms with Crippen molar-refractivity contribution in [2.24, 2.45) is 0 Å². The van der Waals surface area contributed by atoms with Crippen molar-refractivity contribution in [2.75, 3.05) is 33.9 Å². The number of carbonyl (C=O) groups excluding carboxylic acids is 1. The average Bonchev–Trinajstić information content (AvgIpc) is 2.70. The first kappa shape index (κ1) is 19.5. The third-order valence-corrected chi connectivity index (χ3v) is 5.60. The molecule has 0 saturated carbocycles. The molecule has 2 aromatic rings. The Hall–Kier alpha value is -2.24. The minimum atomic E-state index is -0.149. The molecule has 6 heteroatoms. The predicted octanol–water partition coefficient (Wildman–Crippen LogP) is 2.29. The zero-order chi connectivity index (χ0) is 19.4. The second-order valence-electron chi connectivity index (χ2n) is 6.66. The molecule has 1 aliphatic heterocycles. The Kier molecular flexibility index (Phi) is 6.24. The number of hydrogen-bond donors (Lipinski definition) is 2. The van der Waals surface area contributed by atoms with Crippen molar-refractivity contribution in [3.63, 3.8) is 0 Å². The quantitative estimate of drug-likeness (QED) is 0.797. The van der Waals surface area contributed by atoms with Crippen LogP contribution in [0, 0.1) is 0 Å². The van der Waals surface area contributed by atoms with Crippen molar-refractivity contribution < 1.29 is 19.2 Å². The Balaban J connectivity index is 1.85. The highest BCUT2D eigenvalue weighted by molar-refractivity contribution is 6.33. The normalized spacial score (nSPS) is 18.5. The molecular weight excluding hydrogens is 364 g/mol. The fraction of sp³-hybridized carbons (Fsp3) is 0.381. The summed E-state index contributed by atoms with van der Waals surface area (Å²) in [6.45, 7) is 4.71. The number of ether oxygens (including phenoxy) is 2. The molecule has 3 rings (SSSR count). The number of halogens is 1. The first-order valence-corrected chi connectivity index (χ1v) is 9.58. The van der Waals surface area contributed by atoms with Crippen LogP contribution in [0.3, 0.4) is 0 Å². The largest absolute Gasteiger partial charge is 0.493 e. The summed E-state index contributed by atoms with van der Waals surface area (Å²) in [6, 6.07) is 11.4. The van der Waals surface area contributed by atoms with Crippen LogP contribution in [-0.4, -0.2) is 39.8 Å². The molecule has 0 saturated heterocycles. The van der Waals surface area contributed by atoms with Crippen LogP contribution in [-0.2, 0) is 6.42 Å². The standard InChI is InChI=1S/C21H25ClN2O3/c1-4-24-10-9-14-11-19(26-2)20(27-3)12-16(14)18(24)13-23-21(25)15-7-5-6-8-17(15)22/h5-8,11-12,18H,4,9-10,13H2,1-3H3,(H,23,25)/p+1/t18-/m0/s1. The first-order chi connectivity index (χ1) is 13.1. The van der Waals surface area contributed by atoms with Gasteiger partial charge in [-0.25, -0.2) is 0 Å². The van der Waals surface area contributed by atoms with Crippen LogP contribution < -0.4 is 19.7 Å². The summed E-state index contributed by atoms with van der Waals surface area (Å²) in [5, 5.41) is 3.53. The Morgan fingerprint density at radius 1 is 1.22 bits per heavy atom. The van der Waals surface area contributed by atoms with E-state index < -0.39 is 0 Å². The number of amides is 1. The number of nitrogens with one attached hydrogen (secondary N) is 2. The lowest BCUT2D eigenvalue weighted by molar-refractivity contribution is -0.930. The van der Waals surface area contributed by atoms with E-state index in [1.807, 2.05) is 12.1 Å². The molecule has 1 heterocycles. The maximum atomic E-state index is 12.6. The van der Waals surface area contributed by atoms with Gasteiger partial charge in [-0.15, -0.1) is 0 Å². The molecule has 0 aliphatic carbocycles. The van der Waals surface area contributed by atoms with Crippen LogP contribution in [0.4, 0.5) is 0 Å². The van der Waals surface area contributed by atoms with Gasteiger partial charge in [-0.1, -0.05) is 23.7 Å². The van der Waals surface area contributed by atoms with Gasteiger partial charge in [0, 0.05) is 12.0 Å². The van der Waals surface area contributed by atoms with Gasteiger partial charge < -0.3 is 19.7 Å². The van der Waals surface area contributed by atoms with Gasteiger partial charge in [0.1, 0.15) is 6.04 Å². The minimum absolute atomic E-state index is 0.149. The van der Waals surface area contributed by atoms with Gasteiger partial charge in [0.25, 0.3) is 5.91 Å². The Labute approximate surface area is 165 Å². The summed E-state index contributed by atoms with van der Waals surface area (Å²) in [5.41, 5.74) is 2.96. The Morgan fingerprint density at radius 2 is 1.93 bits per heavy atom. The number of hydrogen-bond acceptors (Lipinski definition) is 3. The van der Waals surface area contributed by atoms with Crippen molar-refractivity contribution in [2.45, 2.75) is 19.4 Å². The molecule has 2 N–H and O–H groups in total. The van der Waals surface area contributed by atoms with E-state index in [1.165, 1.54) is 16.0 Å². The number of rotatable bonds is 6. The molecule has 5 nitrogen and oxygen atoms in total. The molecule has 0 fully saturated rings. The zero-order valence-corrected chi connectivity index (χ0v) is 16.7. The molecule has 0 aromatic heterocycles. The molecule has 0 bridgehead atoms. The molecule has 144 valence electrons. The SMILES string of the molecule is CC[NH+]1CCc2cc(OC)c(OC)cc2[C@@H]1CNC(=O)c1ccccc1Cl.